The number of hydrogen-bond donors (Lipinski definition) is 2. The van der Waals surface area contributed by atoms with Gasteiger partial charge in [-0.15, -0.1) is 0 Å². The fourth-order valence-corrected chi connectivity index (χ4v) is 2.98. The highest BCUT2D eigenvalue weighted by Crippen LogP contribution is 2.25. The monoisotopic (exact) mass is 313 g/mol. The molecule has 1 saturated heterocycles. The summed E-state index contributed by atoms with van der Waals surface area (Å²) in [6, 6.07) is 3.35. The van der Waals surface area contributed by atoms with E-state index in [-0.39, 0.29) is 12.6 Å². The average molecular weight is 313 g/mol. The molecule has 1 atom stereocenters. The fraction of sp³-hybridized carbons (Fsp3) is 0.625. The standard InChI is InChI=1S/C16H25F2N3O/c1-2-21(9-10-22)16(12-20-7-5-19-6-8-20)14-11-13(17)3-4-15(14)18/h3-4,11,16,19,22H,2,5-10,12H2,1H3. The van der Waals surface area contributed by atoms with E-state index in [1.165, 1.54) is 12.1 Å². The molecule has 1 unspecified atom stereocenters. The third-order valence-corrected chi connectivity index (χ3v) is 4.19. The predicted octanol–water partition coefficient (Wildman–Crippen LogP) is 1.23. The smallest absolute Gasteiger partial charge is 0.128 e. The minimum atomic E-state index is -0.429. The molecule has 1 aromatic carbocycles. The minimum absolute atomic E-state index is 0.00281. The van der Waals surface area contributed by atoms with Crippen molar-refractivity contribution in [3.63, 3.8) is 0 Å². The second-order valence-corrected chi connectivity index (χ2v) is 5.58. The van der Waals surface area contributed by atoms with E-state index in [4.69, 9.17) is 0 Å². The van der Waals surface area contributed by atoms with Crippen LogP contribution in [0.25, 0.3) is 0 Å². The Hall–Kier alpha value is -1.08. The Labute approximate surface area is 130 Å². The van der Waals surface area contributed by atoms with Gasteiger partial charge >= 0.3 is 0 Å². The van der Waals surface area contributed by atoms with Crippen LogP contribution < -0.4 is 5.32 Å². The van der Waals surface area contributed by atoms with Gasteiger partial charge in [0.15, 0.2) is 0 Å². The van der Waals surface area contributed by atoms with Gasteiger partial charge in [0.2, 0.25) is 0 Å². The van der Waals surface area contributed by atoms with Gasteiger partial charge < -0.3 is 10.4 Å². The first-order valence-corrected chi connectivity index (χ1v) is 7.88. The number of rotatable bonds is 7. The Kier molecular flexibility index (Phi) is 6.70. The molecule has 124 valence electrons. The van der Waals surface area contributed by atoms with Crippen molar-refractivity contribution >= 4 is 0 Å². The Morgan fingerprint density at radius 3 is 2.68 bits per heavy atom. The van der Waals surface area contributed by atoms with Crippen LogP contribution in [-0.4, -0.2) is 67.3 Å². The van der Waals surface area contributed by atoms with Crippen LogP contribution in [0.2, 0.25) is 0 Å². The molecule has 0 aliphatic carbocycles. The number of hydrogen-bond acceptors (Lipinski definition) is 4. The first-order chi connectivity index (χ1) is 10.7. The highest BCUT2D eigenvalue weighted by atomic mass is 19.1. The van der Waals surface area contributed by atoms with E-state index >= 15 is 0 Å². The second kappa shape index (κ2) is 8.53. The third kappa shape index (κ3) is 4.46. The lowest BCUT2D eigenvalue weighted by molar-refractivity contribution is 0.110. The van der Waals surface area contributed by atoms with E-state index in [9.17, 15) is 13.9 Å². The quantitative estimate of drug-likeness (QED) is 0.794. The number of halogens is 2. The molecule has 0 amide bonds. The number of aliphatic hydroxyl groups is 1. The van der Waals surface area contributed by atoms with Gasteiger partial charge in [-0.3, -0.25) is 9.80 Å². The molecule has 1 aromatic rings. The molecule has 0 radical (unpaired) electrons. The van der Waals surface area contributed by atoms with Crippen LogP contribution in [0, 0.1) is 11.6 Å². The first kappa shape index (κ1) is 17.3. The van der Waals surface area contributed by atoms with Gasteiger partial charge in [-0.2, -0.15) is 0 Å². The second-order valence-electron chi connectivity index (χ2n) is 5.58. The lowest BCUT2D eigenvalue weighted by atomic mass is 10.0. The molecule has 2 N–H and O–H groups in total. The molecule has 22 heavy (non-hydrogen) atoms. The molecule has 6 heteroatoms. The maximum Gasteiger partial charge on any atom is 0.128 e. The number of piperazine rings is 1. The summed E-state index contributed by atoms with van der Waals surface area (Å²) < 4.78 is 27.8. The predicted molar refractivity (Wildman–Crippen MR) is 82.7 cm³/mol. The molecule has 0 saturated carbocycles. The summed E-state index contributed by atoms with van der Waals surface area (Å²) in [5.74, 6) is -0.820. The lowest BCUT2D eigenvalue weighted by Gasteiger charge is -2.36. The van der Waals surface area contributed by atoms with Crippen molar-refractivity contribution in [2.75, 3.05) is 52.4 Å². The van der Waals surface area contributed by atoms with E-state index in [2.05, 4.69) is 10.2 Å². The summed E-state index contributed by atoms with van der Waals surface area (Å²) in [6.07, 6.45) is 0. The zero-order chi connectivity index (χ0) is 15.9. The van der Waals surface area contributed by atoms with Gasteiger partial charge in [-0.1, -0.05) is 6.92 Å². The molecule has 4 nitrogen and oxygen atoms in total. The van der Waals surface area contributed by atoms with Crippen LogP contribution in [0.5, 0.6) is 0 Å². The molecule has 0 spiro atoms. The highest BCUT2D eigenvalue weighted by molar-refractivity contribution is 5.23. The molecular weight excluding hydrogens is 288 g/mol. The van der Waals surface area contributed by atoms with Crippen LogP contribution in [0.1, 0.15) is 18.5 Å². The molecular formula is C16H25F2N3O. The maximum absolute atomic E-state index is 14.2. The van der Waals surface area contributed by atoms with Crippen molar-refractivity contribution < 1.29 is 13.9 Å². The van der Waals surface area contributed by atoms with Gasteiger partial charge in [0.25, 0.3) is 0 Å². The van der Waals surface area contributed by atoms with Crippen molar-refractivity contribution in [2.24, 2.45) is 0 Å². The number of nitrogens with zero attached hydrogens (tertiary/aromatic N) is 2. The van der Waals surface area contributed by atoms with Crippen molar-refractivity contribution in [3.05, 3.63) is 35.4 Å². The Morgan fingerprint density at radius 2 is 2.05 bits per heavy atom. The van der Waals surface area contributed by atoms with E-state index in [1.54, 1.807) is 0 Å². The summed E-state index contributed by atoms with van der Waals surface area (Å²) in [5, 5.41) is 12.5. The SMILES string of the molecule is CCN(CCO)C(CN1CCNCC1)c1cc(F)ccc1F. The number of likely N-dealkylation sites (N-methyl/N-ethyl adjacent to an activating group) is 1. The Bertz CT molecular complexity index is 467. The largest absolute Gasteiger partial charge is 0.395 e. The van der Waals surface area contributed by atoms with E-state index < -0.39 is 11.6 Å². The summed E-state index contributed by atoms with van der Waals surface area (Å²) in [7, 11) is 0. The molecule has 1 aliphatic rings. The normalized spacial score (nSPS) is 17.9. The Balaban J connectivity index is 2.24. The first-order valence-electron chi connectivity index (χ1n) is 7.88. The lowest BCUT2D eigenvalue weighted by Crippen LogP contribution is -2.47. The zero-order valence-corrected chi connectivity index (χ0v) is 13.1. The van der Waals surface area contributed by atoms with Crippen LogP contribution in [-0.2, 0) is 0 Å². The molecule has 0 aromatic heterocycles. The van der Waals surface area contributed by atoms with Crippen LogP contribution in [0.3, 0.4) is 0 Å². The molecule has 0 bridgehead atoms. The number of nitrogens with one attached hydrogen (secondary N) is 1. The maximum atomic E-state index is 14.2. The van der Waals surface area contributed by atoms with E-state index in [0.717, 1.165) is 32.2 Å². The van der Waals surface area contributed by atoms with Crippen LogP contribution in [0.4, 0.5) is 8.78 Å². The van der Waals surface area contributed by atoms with Crippen LogP contribution >= 0.6 is 0 Å². The van der Waals surface area contributed by atoms with Gasteiger partial charge in [-0.05, 0) is 24.7 Å². The van der Waals surface area contributed by atoms with Crippen LogP contribution in [0.15, 0.2) is 18.2 Å². The molecule has 1 fully saturated rings. The highest BCUT2D eigenvalue weighted by Gasteiger charge is 2.25. The average Bonchev–Trinajstić information content (AvgIpc) is 2.54. The van der Waals surface area contributed by atoms with Crippen molar-refractivity contribution in [2.45, 2.75) is 13.0 Å². The van der Waals surface area contributed by atoms with Crippen molar-refractivity contribution in [3.8, 4) is 0 Å². The number of aliphatic hydroxyl groups excluding tert-OH is 1. The topological polar surface area (TPSA) is 38.7 Å². The van der Waals surface area contributed by atoms with Gasteiger partial charge in [0, 0.05) is 44.8 Å². The summed E-state index contributed by atoms with van der Waals surface area (Å²) >= 11 is 0. The van der Waals surface area contributed by atoms with Gasteiger partial charge in [0.05, 0.1) is 12.6 Å². The van der Waals surface area contributed by atoms with Gasteiger partial charge in [0.1, 0.15) is 11.6 Å². The summed E-state index contributed by atoms with van der Waals surface area (Å²) in [5.41, 5.74) is 0.369. The summed E-state index contributed by atoms with van der Waals surface area (Å²) in [4.78, 5) is 4.26. The molecule has 1 aliphatic heterocycles. The minimum Gasteiger partial charge on any atom is -0.395 e. The van der Waals surface area contributed by atoms with Gasteiger partial charge in [-0.25, -0.2) is 8.78 Å². The van der Waals surface area contributed by atoms with Crippen molar-refractivity contribution in [1.82, 2.24) is 15.1 Å². The molecule has 2 rings (SSSR count). The van der Waals surface area contributed by atoms with E-state index in [0.29, 0.717) is 25.2 Å². The fourth-order valence-electron chi connectivity index (χ4n) is 2.98. The third-order valence-electron chi connectivity index (χ3n) is 4.19. The Morgan fingerprint density at radius 1 is 1.32 bits per heavy atom. The van der Waals surface area contributed by atoms with E-state index in [1.807, 2.05) is 11.8 Å². The van der Waals surface area contributed by atoms with Crippen molar-refractivity contribution in [1.29, 1.82) is 0 Å². The summed E-state index contributed by atoms with van der Waals surface area (Å²) in [6.45, 7) is 7.33. The molecule has 1 heterocycles. The number of benzene rings is 1. The zero-order valence-electron chi connectivity index (χ0n) is 13.1.